The maximum absolute atomic E-state index is 13.2. The number of anilines is 1. The van der Waals surface area contributed by atoms with Crippen molar-refractivity contribution in [1.29, 1.82) is 0 Å². The summed E-state index contributed by atoms with van der Waals surface area (Å²) in [5.41, 5.74) is -0.293. The third-order valence-corrected chi connectivity index (χ3v) is 8.23. The van der Waals surface area contributed by atoms with Gasteiger partial charge in [-0.05, 0) is 85.6 Å². The minimum atomic E-state index is -4.72. The van der Waals surface area contributed by atoms with Crippen LogP contribution >= 0.6 is 0 Å². The Labute approximate surface area is 253 Å². The molecule has 5 rings (SSSR count). The van der Waals surface area contributed by atoms with Gasteiger partial charge in [-0.1, -0.05) is 24.3 Å². The summed E-state index contributed by atoms with van der Waals surface area (Å²) in [5, 5.41) is 2.87. The summed E-state index contributed by atoms with van der Waals surface area (Å²) in [4.78, 5) is 25.1. The summed E-state index contributed by atoms with van der Waals surface area (Å²) in [6, 6.07) is 12.5. The van der Waals surface area contributed by atoms with E-state index in [4.69, 9.17) is 23.2 Å². The van der Waals surface area contributed by atoms with Crippen molar-refractivity contribution in [1.82, 2.24) is 9.29 Å². The second-order valence-corrected chi connectivity index (χ2v) is 11.3. The first-order valence-electron chi connectivity index (χ1n) is 17.7. The number of carbonyl (C=O) groups excluding carboxylic acids is 2. The van der Waals surface area contributed by atoms with Crippen molar-refractivity contribution < 1.29 is 41.2 Å². The second-order valence-electron chi connectivity index (χ2n) is 9.63. The highest BCUT2D eigenvalue weighted by Crippen LogP contribution is 2.30. The number of methoxy groups -OCH3 is 1. The minimum absolute atomic E-state index is 0.0929. The van der Waals surface area contributed by atoms with Gasteiger partial charge in [0.2, 0.25) is 0 Å². The molecule has 1 saturated carbocycles. The molecule has 1 aromatic heterocycles. The molecule has 0 radical (unpaired) electrons. The van der Waals surface area contributed by atoms with E-state index in [-0.39, 0.29) is 45.8 Å². The Balaban J connectivity index is 1.51. The average Bonchev–Trinajstić information content (AvgIpc) is 3.61. The van der Waals surface area contributed by atoms with Gasteiger partial charge >= 0.3 is 6.09 Å². The van der Waals surface area contributed by atoms with Crippen molar-refractivity contribution in [3.8, 4) is 5.75 Å². The lowest BCUT2D eigenvalue weighted by molar-refractivity contribution is 0.0980. The van der Waals surface area contributed by atoms with Crippen molar-refractivity contribution in [2.24, 2.45) is 6.98 Å². The number of amides is 2. The lowest BCUT2D eigenvalue weighted by atomic mass is 10.0. The standard InChI is InChI=1S/C31H33N3O6S/c1-20-8-4-7-11-29(20)41(37,38)33-30(35)22-13-12-21(28(17-22)39-3)16-23-19-34(2)27-15-14-24(18-26(23)27)32-31(36)40-25-9-5-6-10-25/h4,7-8,11-15,17-19,25H,5-6,9-10,16H2,1-3H3,(H,32,36)(H,33,35)/i1D3,2D3,3D3,19D. The molecule has 1 aliphatic rings. The predicted molar refractivity (Wildman–Crippen MR) is 157 cm³/mol. The van der Waals surface area contributed by atoms with Crippen molar-refractivity contribution in [3.05, 3.63) is 89.1 Å². The summed E-state index contributed by atoms with van der Waals surface area (Å²) in [7, 11) is -7.77. The zero-order chi connectivity index (χ0) is 37.5. The minimum Gasteiger partial charge on any atom is -0.496 e. The SMILES string of the molecule is [2H]c1c(Cc2ccc(C(=O)NS(=O)(=O)c3ccccc3C([2H])([2H])[2H])cc2OC([2H])([2H])[2H])c2cc(NC(=O)OC3CCCC3)ccc2n1C([2H])([2H])[2H]. The zero-order valence-corrected chi connectivity index (χ0v) is 22.5. The van der Waals surface area contributed by atoms with Crippen molar-refractivity contribution in [2.75, 3.05) is 12.4 Å². The molecule has 4 aromatic rings. The van der Waals surface area contributed by atoms with Crippen LogP contribution in [0.5, 0.6) is 5.75 Å². The van der Waals surface area contributed by atoms with Gasteiger partial charge in [-0.2, -0.15) is 0 Å². The van der Waals surface area contributed by atoms with E-state index in [0.717, 1.165) is 48.4 Å². The molecule has 0 aliphatic heterocycles. The van der Waals surface area contributed by atoms with Crippen LogP contribution in [0.4, 0.5) is 10.5 Å². The van der Waals surface area contributed by atoms with E-state index in [9.17, 15) is 18.0 Å². The third kappa shape index (κ3) is 6.22. The molecule has 0 unspecified atom stereocenters. The first-order valence-corrected chi connectivity index (χ1v) is 14.2. The van der Waals surface area contributed by atoms with Gasteiger partial charge in [0.25, 0.3) is 15.9 Å². The Morgan fingerprint density at radius 1 is 1.07 bits per heavy atom. The summed E-state index contributed by atoms with van der Waals surface area (Å²) < 4.78 is 119. The van der Waals surface area contributed by atoms with Gasteiger partial charge in [0.1, 0.15) is 11.9 Å². The van der Waals surface area contributed by atoms with Crippen LogP contribution in [0.25, 0.3) is 10.9 Å². The topological polar surface area (TPSA) is 116 Å². The van der Waals surface area contributed by atoms with E-state index in [1.807, 2.05) is 0 Å². The zero-order valence-electron chi connectivity index (χ0n) is 31.7. The molecule has 2 N–H and O–H groups in total. The van der Waals surface area contributed by atoms with Crippen molar-refractivity contribution >= 4 is 38.6 Å². The summed E-state index contributed by atoms with van der Waals surface area (Å²) in [6.45, 7) is -5.61. The Bertz CT molecular complexity index is 2090. The van der Waals surface area contributed by atoms with Crippen LogP contribution in [-0.2, 0) is 28.2 Å². The van der Waals surface area contributed by atoms with Gasteiger partial charge in [-0.3, -0.25) is 10.1 Å². The summed E-state index contributed by atoms with van der Waals surface area (Å²) in [5.74, 6) is -1.62. The molecule has 2 amide bonds. The molecule has 0 atom stereocenters. The second kappa shape index (κ2) is 11.7. The van der Waals surface area contributed by atoms with Gasteiger partial charge in [0.15, 0.2) is 0 Å². The molecule has 0 saturated heterocycles. The predicted octanol–water partition coefficient (Wildman–Crippen LogP) is 5.70. The number of aryl methyl sites for hydroxylation is 2. The molecule has 41 heavy (non-hydrogen) atoms. The molecule has 1 fully saturated rings. The first kappa shape index (κ1) is 18.2. The van der Waals surface area contributed by atoms with Gasteiger partial charge in [0, 0.05) is 49.9 Å². The molecular weight excluding hydrogens is 542 g/mol. The number of sulfonamides is 1. The largest absolute Gasteiger partial charge is 0.496 e. The van der Waals surface area contributed by atoms with Crippen LogP contribution in [0.1, 0.15) is 66.4 Å². The van der Waals surface area contributed by atoms with Gasteiger partial charge in [-0.15, -0.1) is 0 Å². The van der Waals surface area contributed by atoms with Crippen LogP contribution in [0.3, 0.4) is 0 Å². The molecule has 214 valence electrons. The number of nitrogens with one attached hydrogen (secondary N) is 2. The van der Waals surface area contributed by atoms with E-state index in [0.29, 0.717) is 0 Å². The molecule has 1 aliphatic carbocycles. The number of ether oxygens (including phenoxy) is 2. The van der Waals surface area contributed by atoms with E-state index >= 15 is 0 Å². The Morgan fingerprint density at radius 2 is 1.90 bits per heavy atom. The van der Waals surface area contributed by atoms with Crippen molar-refractivity contribution in [2.45, 2.75) is 50.0 Å². The number of carbonyl (C=O) groups is 2. The molecule has 9 nitrogen and oxygen atoms in total. The molecular formula is C31H33N3O6S. The maximum atomic E-state index is 13.2. The number of rotatable bonds is 8. The smallest absolute Gasteiger partial charge is 0.411 e. The van der Waals surface area contributed by atoms with Gasteiger partial charge < -0.3 is 14.0 Å². The maximum Gasteiger partial charge on any atom is 0.411 e. The van der Waals surface area contributed by atoms with Crippen LogP contribution in [-0.4, -0.2) is 38.1 Å². The lowest BCUT2D eigenvalue weighted by Gasteiger charge is -2.13. The normalized spacial score (nSPS) is 18.2. The number of hydrogen-bond acceptors (Lipinski definition) is 6. The summed E-state index contributed by atoms with van der Waals surface area (Å²) in [6.07, 6.45) is 1.75. The van der Waals surface area contributed by atoms with Crippen LogP contribution in [0.2, 0.25) is 0 Å². The Morgan fingerprint density at radius 3 is 2.68 bits per heavy atom. The van der Waals surface area contributed by atoms with Crippen LogP contribution in [0.15, 0.2) is 71.7 Å². The lowest BCUT2D eigenvalue weighted by Crippen LogP contribution is -2.31. The molecule has 3 aromatic carbocycles. The number of fused-ring (bicyclic) bond motifs is 1. The van der Waals surface area contributed by atoms with E-state index in [1.54, 1.807) is 4.72 Å². The van der Waals surface area contributed by atoms with Crippen LogP contribution < -0.4 is 14.8 Å². The number of benzene rings is 3. The van der Waals surface area contributed by atoms with Gasteiger partial charge in [0.05, 0.1) is 17.4 Å². The number of aromatic nitrogens is 1. The fraction of sp³-hybridized carbons (Fsp3) is 0.290. The highest BCUT2D eigenvalue weighted by atomic mass is 32.2. The Kier molecular flexibility index (Phi) is 5.17. The Hall–Kier alpha value is -4.31. The molecule has 0 spiro atoms. The van der Waals surface area contributed by atoms with Crippen LogP contribution in [0, 0.1) is 6.85 Å². The highest BCUT2D eigenvalue weighted by molar-refractivity contribution is 7.90. The van der Waals surface area contributed by atoms with E-state index in [2.05, 4.69) is 5.32 Å². The monoisotopic (exact) mass is 585 g/mol. The first-order chi connectivity index (χ1) is 23.6. The fourth-order valence-electron chi connectivity index (χ4n) is 4.81. The quantitative estimate of drug-likeness (QED) is 0.274. The average molecular weight is 586 g/mol. The van der Waals surface area contributed by atoms with Gasteiger partial charge in [-0.25, -0.2) is 17.9 Å². The summed E-state index contributed by atoms with van der Waals surface area (Å²) >= 11 is 0. The van der Waals surface area contributed by atoms with E-state index in [1.165, 1.54) is 42.5 Å². The molecule has 0 bridgehead atoms. The third-order valence-electron chi connectivity index (χ3n) is 6.84. The molecule has 10 heteroatoms. The number of nitrogens with zero attached hydrogens (tertiary/aromatic N) is 1. The fourth-order valence-corrected chi connectivity index (χ4v) is 5.90. The number of hydrogen-bond donors (Lipinski definition) is 2. The van der Waals surface area contributed by atoms with E-state index < -0.39 is 65.3 Å². The van der Waals surface area contributed by atoms with Crippen molar-refractivity contribution in [3.63, 3.8) is 0 Å². The molecule has 1 heterocycles. The highest BCUT2D eigenvalue weighted by Gasteiger charge is 2.22.